The smallest absolute Gasteiger partial charge is 0.225 e. The van der Waals surface area contributed by atoms with Crippen LogP contribution in [0.15, 0.2) is 24.4 Å². The van der Waals surface area contributed by atoms with Gasteiger partial charge in [-0.15, -0.1) is 0 Å². The summed E-state index contributed by atoms with van der Waals surface area (Å²) in [5.74, 6) is 1.49. The van der Waals surface area contributed by atoms with Gasteiger partial charge in [0.2, 0.25) is 5.91 Å². The zero-order valence-electron chi connectivity index (χ0n) is 21.5. The van der Waals surface area contributed by atoms with Gasteiger partial charge in [-0.1, -0.05) is 40.2 Å². The van der Waals surface area contributed by atoms with Crippen molar-refractivity contribution < 1.29 is 14.3 Å². The van der Waals surface area contributed by atoms with E-state index in [1.807, 2.05) is 38.2 Å². The number of anilines is 1. The molecule has 0 aromatic carbocycles. The molecule has 1 aromatic heterocycles. The number of carbonyl (C=O) groups is 1. The van der Waals surface area contributed by atoms with Crippen molar-refractivity contribution in [3.05, 3.63) is 24.4 Å². The van der Waals surface area contributed by atoms with E-state index in [4.69, 9.17) is 9.47 Å². The van der Waals surface area contributed by atoms with Crippen molar-refractivity contribution in [2.75, 3.05) is 51.4 Å². The van der Waals surface area contributed by atoms with Crippen LogP contribution < -0.4 is 10.2 Å². The van der Waals surface area contributed by atoms with Crippen LogP contribution in [0.4, 0.5) is 5.82 Å². The Hall–Kier alpha value is -1.70. The van der Waals surface area contributed by atoms with Crippen LogP contribution in [0, 0.1) is 5.92 Å². The normalized spacial score (nSPS) is 27.2. The number of rotatable bonds is 5. The lowest BCUT2D eigenvalue weighted by Gasteiger charge is -2.36. The summed E-state index contributed by atoms with van der Waals surface area (Å²) in [6.45, 7) is 13.0. The van der Waals surface area contributed by atoms with Crippen LogP contribution in [-0.4, -0.2) is 80.5 Å². The standard InChI is InChI=1S/C21H32N4O3.C3H8.C2H6/c1-27-19-15-28-13-7-18(19)23-17-6-5-16(14-17)21(26)25-11-9-24(10-12-25)20-4-2-3-8-22-20;1-3-2;1-2/h2-4,8,16-19,23H,5-7,9-15H2,1H3;3H2,1-2H3;1-2H3. The van der Waals surface area contributed by atoms with Gasteiger partial charge in [0.05, 0.1) is 12.7 Å². The summed E-state index contributed by atoms with van der Waals surface area (Å²) in [7, 11) is 1.75. The maximum absolute atomic E-state index is 13.0. The van der Waals surface area contributed by atoms with Gasteiger partial charge < -0.3 is 24.6 Å². The first-order valence-corrected chi connectivity index (χ1v) is 13.0. The summed E-state index contributed by atoms with van der Waals surface area (Å²) in [4.78, 5) is 21.8. The Kier molecular flexibility index (Phi) is 12.7. The minimum atomic E-state index is 0.114. The molecular weight excluding hydrogens is 416 g/mol. The zero-order valence-corrected chi connectivity index (χ0v) is 21.5. The average Bonchev–Trinajstić information content (AvgIpc) is 3.35. The van der Waals surface area contributed by atoms with Crippen LogP contribution in [0.25, 0.3) is 0 Å². The van der Waals surface area contributed by atoms with Crippen molar-refractivity contribution in [2.45, 2.75) is 78.0 Å². The van der Waals surface area contributed by atoms with E-state index in [1.54, 1.807) is 7.11 Å². The maximum atomic E-state index is 13.0. The topological polar surface area (TPSA) is 66.9 Å². The van der Waals surface area contributed by atoms with Gasteiger partial charge in [-0.3, -0.25) is 4.79 Å². The summed E-state index contributed by atoms with van der Waals surface area (Å²) in [5, 5.41) is 3.74. The molecule has 0 spiro atoms. The Morgan fingerprint density at radius 3 is 2.52 bits per heavy atom. The van der Waals surface area contributed by atoms with E-state index in [1.165, 1.54) is 6.42 Å². The van der Waals surface area contributed by atoms with E-state index in [0.717, 1.165) is 64.3 Å². The van der Waals surface area contributed by atoms with Crippen LogP contribution in [0.5, 0.6) is 0 Å². The molecule has 3 aliphatic rings. The third-order valence-electron chi connectivity index (χ3n) is 6.40. The molecule has 4 atom stereocenters. The summed E-state index contributed by atoms with van der Waals surface area (Å²) >= 11 is 0. The summed E-state index contributed by atoms with van der Waals surface area (Å²) < 4.78 is 11.1. The zero-order chi connectivity index (χ0) is 24.1. The quantitative estimate of drug-likeness (QED) is 0.719. The number of piperazine rings is 1. The molecule has 7 heteroatoms. The Morgan fingerprint density at radius 1 is 1.15 bits per heavy atom. The highest BCUT2D eigenvalue weighted by Crippen LogP contribution is 2.29. The lowest BCUT2D eigenvalue weighted by molar-refractivity contribution is -0.135. The van der Waals surface area contributed by atoms with Crippen molar-refractivity contribution in [1.82, 2.24) is 15.2 Å². The lowest BCUT2D eigenvalue weighted by atomic mass is 10.0. The Bertz CT molecular complexity index is 652. The highest BCUT2D eigenvalue weighted by Gasteiger charge is 2.36. The molecule has 7 nitrogen and oxygen atoms in total. The fraction of sp³-hybridized carbons (Fsp3) is 0.769. The molecule has 0 bridgehead atoms. The maximum Gasteiger partial charge on any atom is 0.225 e. The largest absolute Gasteiger partial charge is 0.379 e. The number of methoxy groups -OCH3 is 1. The predicted octanol–water partition coefficient (Wildman–Crippen LogP) is 3.73. The Balaban J connectivity index is 0.000000714. The van der Waals surface area contributed by atoms with Gasteiger partial charge in [0.25, 0.3) is 0 Å². The Labute approximate surface area is 201 Å². The molecule has 1 aliphatic carbocycles. The number of nitrogens with one attached hydrogen (secondary N) is 1. The van der Waals surface area contributed by atoms with Crippen LogP contribution in [0.1, 0.15) is 59.8 Å². The first-order chi connectivity index (χ1) is 16.2. The molecule has 3 fully saturated rings. The molecule has 4 unspecified atom stereocenters. The number of carbonyl (C=O) groups excluding carboxylic acids is 1. The summed E-state index contributed by atoms with van der Waals surface area (Å²) in [6, 6.07) is 6.72. The molecule has 1 amide bonds. The van der Waals surface area contributed by atoms with E-state index in [-0.39, 0.29) is 12.0 Å². The van der Waals surface area contributed by atoms with E-state index in [0.29, 0.717) is 24.6 Å². The summed E-state index contributed by atoms with van der Waals surface area (Å²) in [6.07, 6.45) is 7.15. The summed E-state index contributed by atoms with van der Waals surface area (Å²) in [5.41, 5.74) is 0. The predicted molar refractivity (Wildman–Crippen MR) is 135 cm³/mol. The van der Waals surface area contributed by atoms with Gasteiger partial charge in [0.15, 0.2) is 0 Å². The fourth-order valence-corrected chi connectivity index (χ4v) is 4.75. The van der Waals surface area contributed by atoms with E-state index in [2.05, 4.69) is 33.9 Å². The highest BCUT2D eigenvalue weighted by atomic mass is 16.5. The lowest BCUT2D eigenvalue weighted by Crippen LogP contribution is -2.51. The number of hydrogen-bond donors (Lipinski definition) is 1. The van der Waals surface area contributed by atoms with Gasteiger partial charge in [-0.2, -0.15) is 0 Å². The van der Waals surface area contributed by atoms with E-state index in [9.17, 15) is 4.79 Å². The van der Waals surface area contributed by atoms with Crippen LogP contribution in [-0.2, 0) is 14.3 Å². The molecule has 1 saturated carbocycles. The molecule has 0 radical (unpaired) electrons. The SMILES string of the molecule is CC.CCC.COC1COCCC1NC1CCC(C(=O)N2CCN(c3ccccn3)CC2)C1. The molecule has 3 heterocycles. The molecule has 4 rings (SSSR count). The number of nitrogens with zero attached hydrogens (tertiary/aromatic N) is 3. The second-order valence-corrected chi connectivity index (χ2v) is 8.83. The number of pyridine rings is 1. The van der Waals surface area contributed by atoms with Crippen molar-refractivity contribution in [3.63, 3.8) is 0 Å². The number of aromatic nitrogens is 1. The van der Waals surface area contributed by atoms with Crippen LogP contribution in [0.3, 0.4) is 0 Å². The average molecular weight is 463 g/mol. The van der Waals surface area contributed by atoms with Crippen molar-refractivity contribution >= 4 is 11.7 Å². The first kappa shape index (κ1) is 27.5. The second kappa shape index (κ2) is 15.3. The van der Waals surface area contributed by atoms with Crippen LogP contribution >= 0.6 is 0 Å². The monoisotopic (exact) mass is 462 g/mol. The third kappa shape index (κ3) is 8.23. The van der Waals surface area contributed by atoms with Crippen molar-refractivity contribution in [1.29, 1.82) is 0 Å². The molecule has 1 N–H and O–H groups in total. The second-order valence-electron chi connectivity index (χ2n) is 8.83. The minimum absolute atomic E-state index is 0.114. The molecule has 2 aliphatic heterocycles. The first-order valence-electron chi connectivity index (χ1n) is 13.0. The van der Waals surface area contributed by atoms with Gasteiger partial charge >= 0.3 is 0 Å². The van der Waals surface area contributed by atoms with E-state index < -0.39 is 0 Å². The van der Waals surface area contributed by atoms with Gasteiger partial charge in [0, 0.05) is 64.1 Å². The van der Waals surface area contributed by atoms with Crippen molar-refractivity contribution in [2.24, 2.45) is 5.92 Å². The number of amides is 1. The molecule has 2 saturated heterocycles. The van der Waals surface area contributed by atoms with Gasteiger partial charge in [-0.05, 0) is 37.8 Å². The molecule has 33 heavy (non-hydrogen) atoms. The van der Waals surface area contributed by atoms with Crippen molar-refractivity contribution in [3.8, 4) is 0 Å². The Morgan fingerprint density at radius 2 is 1.88 bits per heavy atom. The minimum Gasteiger partial charge on any atom is -0.379 e. The molecular formula is C26H46N4O3. The molecule has 1 aromatic rings. The third-order valence-corrected chi connectivity index (χ3v) is 6.40. The number of hydrogen-bond acceptors (Lipinski definition) is 6. The number of ether oxygens (including phenoxy) is 2. The van der Waals surface area contributed by atoms with Gasteiger partial charge in [-0.25, -0.2) is 4.98 Å². The fourth-order valence-electron chi connectivity index (χ4n) is 4.75. The van der Waals surface area contributed by atoms with Crippen LogP contribution in [0.2, 0.25) is 0 Å². The van der Waals surface area contributed by atoms with E-state index >= 15 is 0 Å². The highest BCUT2D eigenvalue weighted by molar-refractivity contribution is 5.79. The molecule has 188 valence electrons. The van der Waals surface area contributed by atoms with Gasteiger partial charge in [0.1, 0.15) is 5.82 Å².